The largest absolute Gasteiger partial charge is 0.380 e. The van der Waals surface area contributed by atoms with E-state index in [4.69, 9.17) is 27.9 Å². The number of ether oxygens (including phenoxy) is 1. The standard InChI is InChI=1S/C22H23Cl2N3O4S2/c1-2-31-13-12-26-18-10-7-16(24)14-20(18)32-22(26)25-21(28)19-4-3-11-27(19)33(29,30)17-8-5-15(23)6-9-17/h5-10,14,19H,2-4,11-13H2,1H3. The maximum atomic E-state index is 13.2. The molecule has 1 amide bonds. The molecule has 7 nitrogen and oxygen atoms in total. The minimum atomic E-state index is -3.85. The molecule has 0 bridgehead atoms. The Morgan fingerprint density at radius 2 is 1.91 bits per heavy atom. The summed E-state index contributed by atoms with van der Waals surface area (Å²) in [5.74, 6) is -0.479. The van der Waals surface area contributed by atoms with Gasteiger partial charge in [-0.2, -0.15) is 9.30 Å². The number of hydrogen-bond acceptors (Lipinski definition) is 5. The van der Waals surface area contributed by atoms with Gasteiger partial charge in [0.25, 0.3) is 5.91 Å². The average Bonchev–Trinajstić information content (AvgIpc) is 3.40. The van der Waals surface area contributed by atoms with Crippen molar-refractivity contribution >= 4 is 60.7 Å². The van der Waals surface area contributed by atoms with Crippen LogP contribution in [0.15, 0.2) is 52.4 Å². The van der Waals surface area contributed by atoms with E-state index in [1.54, 1.807) is 6.07 Å². The Morgan fingerprint density at radius 3 is 2.64 bits per heavy atom. The van der Waals surface area contributed by atoms with Crippen molar-refractivity contribution in [1.82, 2.24) is 8.87 Å². The minimum absolute atomic E-state index is 0.106. The first kappa shape index (κ1) is 24.4. The third-order valence-corrected chi connectivity index (χ3v) is 8.87. The number of nitrogens with zero attached hydrogens (tertiary/aromatic N) is 3. The Morgan fingerprint density at radius 1 is 1.18 bits per heavy atom. The lowest BCUT2D eigenvalue weighted by Crippen LogP contribution is -2.40. The third kappa shape index (κ3) is 5.18. The number of benzene rings is 2. The molecular formula is C22H23Cl2N3O4S2. The fourth-order valence-corrected chi connectivity index (χ4v) is 6.95. The SMILES string of the molecule is CCOCCn1c(=NC(=O)C2CCCN2S(=O)(=O)c2ccc(Cl)cc2)sc2cc(Cl)ccc21. The van der Waals surface area contributed by atoms with Gasteiger partial charge in [-0.3, -0.25) is 4.79 Å². The van der Waals surface area contributed by atoms with Crippen molar-refractivity contribution < 1.29 is 17.9 Å². The summed E-state index contributed by atoms with van der Waals surface area (Å²) in [4.78, 5) is 18.2. The smallest absolute Gasteiger partial charge is 0.266 e. The van der Waals surface area contributed by atoms with Crippen LogP contribution in [0.3, 0.4) is 0 Å². The fourth-order valence-electron chi connectivity index (χ4n) is 3.83. The Labute approximate surface area is 206 Å². The second kappa shape index (κ2) is 10.2. The van der Waals surface area contributed by atoms with E-state index in [9.17, 15) is 13.2 Å². The van der Waals surface area contributed by atoms with Gasteiger partial charge in [0.15, 0.2) is 4.80 Å². The molecule has 1 atom stereocenters. The molecule has 4 rings (SSSR count). The molecule has 11 heteroatoms. The molecule has 2 heterocycles. The Balaban J connectivity index is 1.69. The van der Waals surface area contributed by atoms with Crippen molar-refractivity contribution in [1.29, 1.82) is 0 Å². The highest BCUT2D eigenvalue weighted by atomic mass is 35.5. The average molecular weight is 528 g/mol. The number of aromatic nitrogens is 1. The summed E-state index contributed by atoms with van der Waals surface area (Å²) in [6.07, 6.45) is 1.01. The predicted octanol–water partition coefficient (Wildman–Crippen LogP) is 4.33. The number of carbonyl (C=O) groups excluding carboxylic acids is 1. The zero-order valence-electron chi connectivity index (χ0n) is 17.9. The molecule has 1 saturated heterocycles. The van der Waals surface area contributed by atoms with Gasteiger partial charge < -0.3 is 9.30 Å². The van der Waals surface area contributed by atoms with Crippen molar-refractivity contribution in [3.8, 4) is 0 Å². The topological polar surface area (TPSA) is 81.0 Å². The number of rotatable bonds is 7. The van der Waals surface area contributed by atoms with Crippen LogP contribution in [0, 0.1) is 0 Å². The summed E-state index contributed by atoms with van der Waals surface area (Å²) in [6.45, 7) is 3.75. The highest BCUT2D eigenvalue weighted by Crippen LogP contribution is 2.28. The maximum absolute atomic E-state index is 13.2. The van der Waals surface area contributed by atoms with E-state index < -0.39 is 22.0 Å². The number of halogens is 2. The molecule has 0 radical (unpaired) electrons. The first-order valence-electron chi connectivity index (χ1n) is 10.5. The van der Waals surface area contributed by atoms with Gasteiger partial charge in [0, 0.05) is 29.7 Å². The fraction of sp³-hybridized carbons (Fsp3) is 0.364. The van der Waals surface area contributed by atoms with Crippen molar-refractivity contribution in [3.05, 3.63) is 57.3 Å². The van der Waals surface area contributed by atoms with Crippen LogP contribution in [0.1, 0.15) is 19.8 Å². The van der Waals surface area contributed by atoms with E-state index >= 15 is 0 Å². The summed E-state index contributed by atoms with van der Waals surface area (Å²) in [7, 11) is -3.85. The minimum Gasteiger partial charge on any atom is -0.380 e. The number of hydrogen-bond donors (Lipinski definition) is 0. The number of thiazole rings is 1. The molecule has 0 spiro atoms. The number of amides is 1. The molecule has 3 aromatic rings. The van der Waals surface area contributed by atoms with Crippen molar-refractivity contribution in [2.24, 2.45) is 4.99 Å². The van der Waals surface area contributed by atoms with Crippen LogP contribution < -0.4 is 4.80 Å². The van der Waals surface area contributed by atoms with Crippen LogP contribution in [0.4, 0.5) is 0 Å². The number of sulfonamides is 1. The summed E-state index contributed by atoms with van der Waals surface area (Å²) in [5, 5.41) is 1.04. The molecule has 176 valence electrons. The molecule has 1 aliphatic heterocycles. The number of carbonyl (C=O) groups is 1. The van der Waals surface area contributed by atoms with Gasteiger partial charge in [-0.1, -0.05) is 34.5 Å². The Kier molecular flexibility index (Phi) is 7.57. The first-order valence-corrected chi connectivity index (χ1v) is 13.5. The summed E-state index contributed by atoms with van der Waals surface area (Å²) < 4.78 is 35.9. The highest BCUT2D eigenvalue weighted by molar-refractivity contribution is 7.89. The third-order valence-electron chi connectivity index (χ3n) is 5.42. The molecule has 1 unspecified atom stereocenters. The van der Waals surface area contributed by atoms with Gasteiger partial charge in [0.1, 0.15) is 6.04 Å². The van der Waals surface area contributed by atoms with E-state index in [0.717, 1.165) is 10.2 Å². The molecule has 1 aliphatic rings. The lowest BCUT2D eigenvalue weighted by atomic mass is 10.2. The molecule has 33 heavy (non-hydrogen) atoms. The van der Waals surface area contributed by atoms with Gasteiger partial charge in [-0.05, 0) is 62.2 Å². The molecule has 0 N–H and O–H groups in total. The van der Waals surface area contributed by atoms with Crippen LogP contribution in [0.5, 0.6) is 0 Å². The predicted molar refractivity (Wildman–Crippen MR) is 130 cm³/mol. The van der Waals surface area contributed by atoms with Gasteiger partial charge in [0.05, 0.1) is 21.7 Å². The van der Waals surface area contributed by atoms with Crippen molar-refractivity contribution in [2.75, 3.05) is 19.8 Å². The second-order valence-electron chi connectivity index (χ2n) is 7.52. The Bertz CT molecular complexity index is 1330. The highest BCUT2D eigenvalue weighted by Gasteiger charge is 2.39. The van der Waals surface area contributed by atoms with E-state index in [2.05, 4.69) is 4.99 Å². The molecule has 2 aromatic carbocycles. The van der Waals surface area contributed by atoms with Crippen molar-refractivity contribution in [2.45, 2.75) is 37.2 Å². The molecule has 1 aromatic heterocycles. The van der Waals surface area contributed by atoms with Crippen LogP contribution in [-0.2, 0) is 26.1 Å². The summed E-state index contributed by atoms with van der Waals surface area (Å²) in [5.41, 5.74) is 0.896. The van der Waals surface area contributed by atoms with Gasteiger partial charge >= 0.3 is 0 Å². The van der Waals surface area contributed by atoms with Crippen LogP contribution in [0.2, 0.25) is 10.0 Å². The Hall–Kier alpha value is -1.75. The first-order chi connectivity index (χ1) is 15.8. The van der Waals surface area contributed by atoms with Crippen molar-refractivity contribution in [3.63, 3.8) is 0 Å². The zero-order valence-corrected chi connectivity index (χ0v) is 21.1. The summed E-state index contributed by atoms with van der Waals surface area (Å²) >= 11 is 13.4. The van der Waals surface area contributed by atoms with E-state index in [-0.39, 0.29) is 11.4 Å². The van der Waals surface area contributed by atoms with Gasteiger partial charge in [-0.15, -0.1) is 0 Å². The molecule has 0 saturated carbocycles. The second-order valence-corrected chi connectivity index (χ2v) is 11.3. The normalized spacial score (nSPS) is 17.8. The van der Waals surface area contributed by atoms with E-state index in [0.29, 0.717) is 47.4 Å². The van der Waals surface area contributed by atoms with E-state index in [1.807, 2.05) is 23.6 Å². The molecule has 1 fully saturated rings. The quantitative estimate of drug-likeness (QED) is 0.428. The molecule has 0 aliphatic carbocycles. The zero-order chi connectivity index (χ0) is 23.6. The van der Waals surface area contributed by atoms with Gasteiger partial charge in [0.2, 0.25) is 10.0 Å². The van der Waals surface area contributed by atoms with Crippen LogP contribution in [0.25, 0.3) is 10.2 Å². The lowest BCUT2D eigenvalue weighted by molar-refractivity contribution is -0.121. The number of fused-ring (bicyclic) bond motifs is 1. The lowest BCUT2D eigenvalue weighted by Gasteiger charge is -2.21. The monoisotopic (exact) mass is 527 g/mol. The molecular weight excluding hydrogens is 505 g/mol. The van der Waals surface area contributed by atoms with E-state index in [1.165, 1.54) is 39.9 Å². The summed E-state index contributed by atoms with van der Waals surface area (Å²) in [6, 6.07) is 10.6. The van der Waals surface area contributed by atoms with Gasteiger partial charge in [-0.25, -0.2) is 8.42 Å². The maximum Gasteiger partial charge on any atom is 0.266 e. The van der Waals surface area contributed by atoms with Crippen LogP contribution in [-0.4, -0.2) is 49.0 Å². The van der Waals surface area contributed by atoms with Crippen LogP contribution >= 0.6 is 34.5 Å².